The fraction of sp³-hybridized carbons (Fsp3) is 0.385. The normalized spacial score (nSPS) is 10.2. The van der Waals surface area contributed by atoms with Gasteiger partial charge in [0.05, 0.1) is 18.1 Å². The number of carbonyl (C=O) groups excluding carboxylic acids is 1. The van der Waals surface area contributed by atoms with E-state index in [0.29, 0.717) is 6.54 Å². The van der Waals surface area contributed by atoms with Gasteiger partial charge in [0.2, 0.25) is 0 Å². The molecule has 0 spiro atoms. The summed E-state index contributed by atoms with van der Waals surface area (Å²) in [5, 5.41) is 18.4. The molecule has 96 valence electrons. The second-order valence-electron chi connectivity index (χ2n) is 4.16. The molecule has 5 heteroatoms. The Balaban J connectivity index is 3.02. The first-order valence-corrected chi connectivity index (χ1v) is 6.71. The molecule has 0 atom stereocenters. The van der Waals surface area contributed by atoms with Crippen molar-refractivity contribution in [3.63, 3.8) is 0 Å². The van der Waals surface area contributed by atoms with Crippen LogP contribution in [-0.4, -0.2) is 28.5 Å². The summed E-state index contributed by atoms with van der Waals surface area (Å²) >= 11 is 2.09. The third-order valence-electron chi connectivity index (χ3n) is 2.54. The quantitative estimate of drug-likeness (QED) is 0.842. The van der Waals surface area contributed by atoms with E-state index in [1.54, 1.807) is 17.0 Å². The molecule has 0 fully saturated rings. The molecule has 0 aromatic heterocycles. The highest BCUT2D eigenvalue weighted by atomic mass is 127. The van der Waals surface area contributed by atoms with Crippen molar-refractivity contribution in [3.05, 3.63) is 27.3 Å². The van der Waals surface area contributed by atoms with Crippen molar-refractivity contribution in [1.29, 1.82) is 5.26 Å². The van der Waals surface area contributed by atoms with Crippen LogP contribution in [0.4, 0.5) is 0 Å². The van der Waals surface area contributed by atoms with Crippen LogP contribution in [0.3, 0.4) is 0 Å². The van der Waals surface area contributed by atoms with E-state index in [1.807, 2.05) is 19.9 Å². The SMILES string of the molecule is CC(C)N(CCC#N)C(=O)c1cc(I)ccc1O. The predicted octanol–water partition coefficient (Wildman–Crippen LogP) is 2.76. The van der Waals surface area contributed by atoms with E-state index in [0.717, 1.165) is 3.57 Å². The van der Waals surface area contributed by atoms with Gasteiger partial charge in [-0.3, -0.25) is 4.79 Å². The number of halogens is 1. The molecule has 18 heavy (non-hydrogen) atoms. The summed E-state index contributed by atoms with van der Waals surface area (Å²) in [6, 6.07) is 6.92. The number of aromatic hydroxyl groups is 1. The lowest BCUT2D eigenvalue weighted by atomic mass is 10.1. The lowest BCUT2D eigenvalue weighted by Crippen LogP contribution is -2.37. The van der Waals surface area contributed by atoms with Crippen molar-refractivity contribution in [2.24, 2.45) is 0 Å². The molecular formula is C13H15IN2O2. The van der Waals surface area contributed by atoms with E-state index in [4.69, 9.17) is 5.26 Å². The highest BCUT2D eigenvalue weighted by Crippen LogP contribution is 2.22. The van der Waals surface area contributed by atoms with E-state index in [2.05, 4.69) is 22.6 Å². The standard InChI is InChI=1S/C13H15IN2O2/c1-9(2)16(7-3-6-15)13(18)11-8-10(14)4-5-12(11)17/h4-5,8-9,17H,3,7H2,1-2H3. The van der Waals surface area contributed by atoms with Crippen LogP contribution in [0, 0.1) is 14.9 Å². The first-order chi connectivity index (χ1) is 8.47. The molecule has 0 heterocycles. The Morgan fingerprint density at radius 1 is 1.56 bits per heavy atom. The number of amides is 1. The zero-order valence-electron chi connectivity index (χ0n) is 10.4. The second kappa shape index (κ2) is 6.59. The molecule has 1 rings (SSSR count). The van der Waals surface area contributed by atoms with Crippen LogP contribution in [0.1, 0.15) is 30.6 Å². The maximum Gasteiger partial charge on any atom is 0.257 e. The molecule has 0 aliphatic carbocycles. The summed E-state index contributed by atoms with van der Waals surface area (Å²) in [7, 11) is 0. The fourth-order valence-electron chi connectivity index (χ4n) is 1.60. The number of phenols is 1. The maximum absolute atomic E-state index is 12.3. The van der Waals surface area contributed by atoms with Gasteiger partial charge in [-0.15, -0.1) is 0 Å². The van der Waals surface area contributed by atoms with E-state index in [-0.39, 0.29) is 29.7 Å². The van der Waals surface area contributed by atoms with Gasteiger partial charge in [0, 0.05) is 16.2 Å². The summed E-state index contributed by atoms with van der Waals surface area (Å²) in [5.41, 5.74) is 0.286. The summed E-state index contributed by atoms with van der Waals surface area (Å²) < 4.78 is 0.887. The number of nitrogens with zero attached hydrogens (tertiary/aromatic N) is 2. The van der Waals surface area contributed by atoms with Crippen molar-refractivity contribution < 1.29 is 9.90 Å². The summed E-state index contributed by atoms with van der Waals surface area (Å²) in [6.45, 7) is 4.15. The number of nitriles is 1. The highest BCUT2D eigenvalue weighted by Gasteiger charge is 2.21. The Kier molecular flexibility index (Phi) is 5.41. The fourth-order valence-corrected chi connectivity index (χ4v) is 2.09. The molecular weight excluding hydrogens is 343 g/mol. The molecule has 0 radical (unpaired) electrons. The summed E-state index contributed by atoms with van der Waals surface area (Å²) in [5.74, 6) is -0.265. The van der Waals surface area contributed by atoms with Crippen LogP contribution in [0.15, 0.2) is 18.2 Å². The molecule has 1 aromatic carbocycles. The lowest BCUT2D eigenvalue weighted by Gasteiger charge is -2.26. The van der Waals surface area contributed by atoms with Gasteiger partial charge in [-0.25, -0.2) is 0 Å². The Morgan fingerprint density at radius 2 is 2.22 bits per heavy atom. The maximum atomic E-state index is 12.3. The monoisotopic (exact) mass is 358 g/mol. The third-order valence-corrected chi connectivity index (χ3v) is 3.21. The summed E-state index contributed by atoms with van der Waals surface area (Å²) in [4.78, 5) is 13.9. The van der Waals surface area contributed by atoms with Crippen molar-refractivity contribution in [1.82, 2.24) is 4.90 Å². The zero-order chi connectivity index (χ0) is 13.7. The van der Waals surface area contributed by atoms with E-state index >= 15 is 0 Å². The van der Waals surface area contributed by atoms with Crippen LogP contribution in [0.5, 0.6) is 5.75 Å². The smallest absolute Gasteiger partial charge is 0.257 e. The average Bonchev–Trinajstić information content (AvgIpc) is 2.32. The number of rotatable bonds is 4. The number of hydrogen-bond acceptors (Lipinski definition) is 3. The van der Waals surface area contributed by atoms with Crippen LogP contribution in [-0.2, 0) is 0 Å². The van der Waals surface area contributed by atoms with Gasteiger partial charge < -0.3 is 10.0 Å². The number of carbonyl (C=O) groups is 1. The summed E-state index contributed by atoms with van der Waals surface area (Å²) in [6.07, 6.45) is 0.286. The van der Waals surface area contributed by atoms with E-state index < -0.39 is 0 Å². The topological polar surface area (TPSA) is 64.3 Å². The van der Waals surface area contributed by atoms with Gasteiger partial charge in [0.15, 0.2) is 0 Å². The number of hydrogen-bond donors (Lipinski definition) is 1. The van der Waals surface area contributed by atoms with Gasteiger partial charge in [0.1, 0.15) is 5.75 Å². The molecule has 0 saturated heterocycles. The Bertz CT molecular complexity index is 480. The molecule has 0 bridgehead atoms. The Hall–Kier alpha value is -1.29. The number of phenolic OH excluding ortho intramolecular Hbond substituents is 1. The van der Waals surface area contributed by atoms with E-state index in [1.165, 1.54) is 6.07 Å². The predicted molar refractivity (Wildman–Crippen MR) is 77.2 cm³/mol. The molecule has 1 amide bonds. The largest absolute Gasteiger partial charge is 0.507 e. The van der Waals surface area contributed by atoms with Gasteiger partial charge in [-0.1, -0.05) is 0 Å². The first-order valence-electron chi connectivity index (χ1n) is 5.63. The van der Waals surface area contributed by atoms with Crippen LogP contribution < -0.4 is 0 Å². The van der Waals surface area contributed by atoms with Crippen molar-refractivity contribution in [2.45, 2.75) is 26.3 Å². The molecule has 4 nitrogen and oxygen atoms in total. The Morgan fingerprint density at radius 3 is 2.78 bits per heavy atom. The molecule has 0 unspecified atom stereocenters. The molecule has 1 aromatic rings. The third kappa shape index (κ3) is 3.60. The van der Waals surface area contributed by atoms with E-state index in [9.17, 15) is 9.90 Å². The van der Waals surface area contributed by atoms with Crippen LogP contribution in [0.2, 0.25) is 0 Å². The van der Waals surface area contributed by atoms with Crippen LogP contribution in [0.25, 0.3) is 0 Å². The van der Waals surface area contributed by atoms with Crippen molar-refractivity contribution in [2.75, 3.05) is 6.54 Å². The Labute approximate surface area is 120 Å². The molecule has 0 aliphatic rings. The van der Waals surface area contributed by atoms with Gasteiger partial charge >= 0.3 is 0 Å². The molecule has 0 aliphatic heterocycles. The minimum atomic E-state index is -0.240. The highest BCUT2D eigenvalue weighted by molar-refractivity contribution is 14.1. The minimum Gasteiger partial charge on any atom is -0.507 e. The lowest BCUT2D eigenvalue weighted by molar-refractivity contribution is 0.0707. The molecule has 1 N–H and O–H groups in total. The average molecular weight is 358 g/mol. The first kappa shape index (κ1) is 14.8. The number of benzene rings is 1. The van der Waals surface area contributed by atoms with Gasteiger partial charge in [-0.2, -0.15) is 5.26 Å². The molecule has 0 saturated carbocycles. The second-order valence-corrected chi connectivity index (χ2v) is 5.41. The zero-order valence-corrected chi connectivity index (χ0v) is 12.5. The van der Waals surface area contributed by atoms with Gasteiger partial charge in [0.25, 0.3) is 5.91 Å². The van der Waals surface area contributed by atoms with Gasteiger partial charge in [-0.05, 0) is 54.6 Å². The van der Waals surface area contributed by atoms with Crippen molar-refractivity contribution in [3.8, 4) is 11.8 Å². The minimum absolute atomic E-state index is 0.0110. The van der Waals surface area contributed by atoms with Crippen LogP contribution >= 0.6 is 22.6 Å². The van der Waals surface area contributed by atoms with Crippen molar-refractivity contribution >= 4 is 28.5 Å².